The van der Waals surface area contributed by atoms with Crippen LogP contribution in [0, 0.1) is 0 Å². The van der Waals surface area contributed by atoms with E-state index < -0.39 is 5.60 Å². The van der Waals surface area contributed by atoms with Crippen molar-refractivity contribution in [3.8, 4) is 0 Å². The van der Waals surface area contributed by atoms with Gasteiger partial charge in [0.05, 0.1) is 5.60 Å². The first-order valence-electron chi connectivity index (χ1n) is 6.93. The summed E-state index contributed by atoms with van der Waals surface area (Å²) in [6.45, 7) is 1.42. The lowest BCUT2D eigenvalue weighted by Gasteiger charge is -2.32. The molecule has 1 amide bonds. The van der Waals surface area contributed by atoms with E-state index in [2.05, 4.69) is 5.32 Å². The molecule has 1 saturated carbocycles. The minimum absolute atomic E-state index is 0.100. The minimum Gasteiger partial charge on any atom is -0.388 e. The van der Waals surface area contributed by atoms with Gasteiger partial charge in [0.2, 0.25) is 0 Å². The average molecular weight is 264 g/mol. The normalized spacial score (nSPS) is 22.2. The highest BCUT2D eigenvalue weighted by molar-refractivity contribution is 5.92. The van der Waals surface area contributed by atoms with Crippen LogP contribution >= 0.6 is 0 Å². The molecule has 3 rings (SSSR count). The van der Waals surface area contributed by atoms with Gasteiger partial charge < -0.3 is 19.7 Å². The molecule has 0 bridgehead atoms. The van der Waals surface area contributed by atoms with E-state index in [1.165, 1.54) is 0 Å². The predicted molar refractivity (Wildman–Crippen MR) is 70.0 cm³/mol. The summed E-state index contributed by atoms with van der Waals surface area (Å²) < 4.78 is 7.26. The molecule has 1 aromatic rings. The number of aliphatic hydroxyl groups is 1. The fourth-order valence-corrected chi connectivity index (χ4v) is 2.52. The van der Waals surface area contributed by atoms with Gasteiger partial charge in [0.15, 0.2) is 0 Å². The maximum atomic E-state index is 12.2. The third kappa shape index (κ3) is 2.82. The summed E-state index contributed by atoms with van der Waals surface area (Å²) in [7, 11) is 0. The van der Waals surface area contributed by atoms with Crippen molar-refractivity contribution in [1.82, 2.24) is 9.88 Å². The zero-order valence-electron chi connectivity index (χ0n) is 11.0. The third-order valence-electron chi connectivity index (χ3n) is 3.95. The van der Waals surface area contributed by atoms with Crippen LogP contribution in [0.1, 0.15) is 42.2 Å². The lowest BCUT2D eigenvalue weighted by molar-refractivity contribution is -0.0605. The molecule has 0 unspecified atom stereocenters. The van der Waals surface area contributed by atoms with Gasteiger partial charge in [0.25, 0.3) is 5.91 Å². The van der Waals surface area contributed by atoms with Crippen molar-refractivity contribution in [2.75, 3.05) is 19.8 Å². The maximum absolute atomic E-state index is 12.2. The summed E-state index contributed by atoms with van der Waals surface area (Å²) >= 11 is 0. The molecule has 0 atom stereocenters. The van der Waals surface area contributed by atoms with E-state index in [1.54, 1.807) is 0 Å². The number of nitrogens with one attached hydrogen (secondary N) is 1. The van der Waals surface area contributed by atoms with Gasteiger partial charge in [-0.15, -0.1) is 0 Å². The van der Waals surface area contributed by atoms with Gasteiger partial charge in [0, 0.05) is 44.8 Å². The Morgan fingerprint density at radius 3 is 2.89 bits per heavy atom. The van der Waals surface area contributed by atoms with Crippen LogP contribution in [0.4, 0.5) is 0 Å². The van der Waals surface area contributed by atoms with Gasteiger partial charge >= 0.3 is 0 Å². The number of carbonyl (C=O) groups is 1. The Bertz CT molecular complexity index is 459. The molecule has 1 saturated heterocycles. The summed E-state index contributed by atoms with van der Waals surface area (Å²) in [6.07, 6.45) is 5.41. The van der Waals surface area contributed by atoms with E-state index in [0.717, 1.165) is 12.8 Å². The Hall–Kier alpha value is -1.33. The number of hydrogen-bond acceptors (Lipinski definition) is 3. The van der Waals surface area contributed by atoms with Crippen LogP contribution in [-0.2, 0) is 4.74 Å². The molecule has 0 aromatic carbocycles. The van der Waals surface area contributed by atoms with Crippen LogP contribution < -0.4 is 5.32 Å². The lowest BCUT2D eigenvalue weighted by Crippen LogP contribution is -2.46. The molecular weight excluding hydrogens is 244 g/mol. The summed E-state index contributed by atoms with van der Waals surface area (Å²) in [4.78, 5) is 12.2. The van der Waals surface area contributed by atoms with E-state index in [4.69, 9.17) is 4.74 Å². The van der Waals surface area contributed by atoms with E-state index in [0.29, 0.717) is 44.3 Å². The summed E-state index contributed by atoms with van der Waals surface area (Å²) in [6, 6.07) is 4.22. The average Bonchev–Trinajstić information content (AvgIpc) is 3.14. The van der Waals surface area contributed by atoms with Gasteiger partial charge in [-0.1, -0.05) is 0 Å². The summed E-state index contributed by atoms with van der Waals surface area (Å²) in [5.74, 6) is -0.100. The molecule has 2 fully saturated rings. The maximum Gasteiger partial charge on any atom is 0.268 e. The molecule has 104 valence electrons. The summed E-state index contributed by atoms with van der Waals surface area (Å²) in [5, 5.41) is 13.2. The Balaban J connectivity index is 1.60. The molecule has 2 aliphatic rings. The number of nitrogens with zero attached hydrogens (tertiary/aromatic N) is 1. The second-order valence-corrected chi connectivity index (χ2v) is 5.55. The number of ether oxygens (including phenoxy) is 1. The number of aromatic nitrogens is 1. The lowest BCUT2D eigenvalue weighted by atomic mass is 9.94. The summed E-state index contributed by atoms with van der Waals surface area (Å²) in [5.41, 5.74) is -0.122. The van der Waals surface area contributed by atoms with Crippen molar-refractivity contribution in [1.29, 1.82) is 0 Å². The minimum atomic E-state index is -0.815. The molecule has 5 nitrogen and oxygen atoms in total. The van der Waals surface area contributed by atoms with Gasteiger partial charge in [-0.05, 0) is 25.0 Å². The van der Waals surface area contributed by atoms with Crippen molar-refractivity contribution in [2.45, 2.75) is 37.3 Å². The molecule has 0 radical (unpaired) electrons. The Morgan fingerprint density at radius 1 is 1.47 bits per heavy atom. The van der Waals surface area contributed by atoms with Crippen molar-refractivity contribution in [3.63, 3.8) is 0 Å². The number of carbonyl (C=O) groups excluding carboxylic acids is 1. The van der Waals surface area contributed by atoms with Gasteiger partial charge in [-0.3, -0.25) is 4.79 Å². The highest BCUT2D eigenvalue weighted by Crippen LogP contribution is 2.36. The number of hydrogen-bond donors (Lipinski definition) is 2. The molecule has 5 heteroatoms. The first kappa shape index (κ1) is 12.7. The second-order valence-electron chi connectivity index (χ2n) is 5.55. The standard InChI is InChI=1S/C14H20N2O3/c17-13(12-2-1-7-16(12)11-3-4-11)15-10-14(18)5-8-19-9-6-14/h1-2,7,11,18H,3-6,8-10H2,(H,15,17). The Labute approximate surface area is 112 Å². The van der Waals surface area contributed by atoms with Crippen LogP contribution in [0.15, 0.2) is 18.3 Å². The fraction of sp³-hybridized carbons (Fsp3) is 0.643. The molecule has 0 spiro atoms. The van der Waals surface area contributed by atoms with Crippen molar-refractivity contribution < 1.29 is 14.6 Å². The first-order chi connectivity index (χ1) is 9.18. The van der Waals surface area contributed by atoms with Crippen molar-refractivity contribution in [2.24, 2.45) is 0 Å². The molecule has 19 heavy (non-hydrogen) atoms. The third-order valence-corrected chi connectivity index (χ3v) is 3.95. The monoisotopic (exact) mass is 264 g/mol. The highest BCUT2D eigenvalue weighted by Gasteiger charge is 2.31. The molecule has 2 N–H and O–H groups in total. The SMILES string of the molecule is O=C(NCC1(O)CCOCC1)c1cccn1C1CC1. The van der Waals surface area contributed by atoms with E-state index in [1.807, 2.05) is 22.9 Å². The van der Waals surface area contributed by atoms with Gasteiger partial charge in [-0.25, -0.2) is 0 Å². The quantitative estimate of drug-likeness (QED) is 0.856. The Kier molecular flexibility index (Phi) is 3.33. The van der Waals surface area contributed by atoms with E-state index >= 15 is 0 Å². The largest absolute Gasteiger partial charge is 0.388 e. The topological polar surface area (TPSA) is 63.5 Å². The molecule has 2 heterocycles. The molecule has 1 aliphatic heterocycles. The van der Waals surface area contributed by atoms with E-state index in [9.17, 15) is 9.90 Å². The zero-order chi connectivity index (χ0) is 13.3. The van der Waals surface area contributed by atoms with Crippen LogP contribution in [-0.4, -0.2) is 40.9 Å². The second kappa shape index (κ2) is 4.98. The molecule has 1 aliphatic carbocycles. The smallest absolute Gasteiger partial charge is 0.268 e. The highest BCUT2D eigenvalue weighted by atomic mass is 16.5. The predicted octanol–water partition coefficient (Wildman–Crippen LogP) is 1.09. The van der Waals surface area contributed by atoms with Crippen LogP contribution in [0.5, 0.6) is 0 Å². The van der Waals surface area contributed by atoms with Gasteiger partial charge in [0.1, 0.15) is 5.69 Å². The first-order valence-corrected chi connectivity index (χ1v) is 6.93. The Morgan fingerprint density at radius 2 is 2.21 bits per heavy atom. The van der Waals surface area contributed by atoms with Crippen LogP contribution in [0.2, 0.25) is 0 Å². The van der Waals surface area contributed by atoms with Crippen molar-refractivity contribution in [3.05, 3.63) is 24.0 Å². The van der Waals surface area contributed by atoms with Crippen LogP contribution in [0.3, 0.4) is 0 Å². The van der Waals surface area contributed by atoms with Gasteiger partial charge in [-0.2, -0.15) is 0 Å². The van der Waals surface area contributed by atoms with Crippen molar-refractivity contribution >= 4 is 5.91 Å². The van der Waals surface area contributed by atoms with E-state index in [-0.39, 0.29) is 5.91 Å². The number of rotatable bonds is 4. The molecular formula is C14H20N2O3. The van der Waals surface area contributed by atoms with Crippen LogP contribution in [0.25, 0.3) is 0 Å². The fourth-order valence-electron chi connectivity index (χ4n) is 2.52. The molecule has 1 aromatic heterocycles. The number of amides is 1. The zero-order valence-corrected chi connectivity index (χ0v) is 11.0.